The van der Waals surface area contributed by atoms with Gasteiger partial charge in [-0.2, -0.15) is 5.10 Å². The number of aryl methyl sites for hydroxylation is 1. The van der Waals surface area contributed by atoms with E-state index in [1.54, 1.807) is 13.2 Å². The lowest BCUT2D eigenvalue weighted by atomic mass is 10.2. The van der Waals surface area contributed by atoms with Gasteiger partial charge in [-0.1, -0.05) is 13.8 Å². The van der Waals surface area contributed by atoms with Gasteiger partial charge in [0.2, 0.25) is 0 Å². The first kappa shape index (κ1) is 13.5. The molecule has 0 aliphatic rings. The third-order valence-corrected chi connectivity index (χ3v) is 1.96. The van der Waals surface area contributed by atoms with Crippen molar-refractivity contribution in [1.29, 1.82) is 0 Å². The monoisotopic (exact) mass is 241 g/mol. The van der Waals surface area contributed by atoms with Crippen LogP contribution in [0.5, 0.6) is 0 Å². The number of hydrogen-bond acceptors (Lipinski definition) is 5. The summed E-state index contributed by atoms with van der Waals surface area (Å²) in [7, 11) is 1.69. The van der Waals surface area contributed by atoms with Crippen LogP contribution in [0.2, 0.25) is 0 Å². The number of nitrogens with two attached hydrogens (primary N) is 1. The fourth-order valence-corrected chi connectivity index (χ4v) is 1.25. The number of nitrogen functional groups attached to an aromatic ring is 1. The van der Waals surface area contributed by atoms with Crippen LogP contribution in [-0.2, 0) is 16.5 Å². The van der Waals surface area contributed by atoms with Gasteiger partial charge in [0.25, 0.3) is 0 Å². The zero-order valence-electron chi connectivity index (χ0n) is 10.5. The van der Waals surface area contributed by atoms with E-state index in [2.05, 4.69) is 18.9 Å². The van der Waals surface area contributed by atoms with E-state index in [1.165, 1.54) is 4.68 Å². The van der Waals surface area contributed by atoms with E-state index in [9.17, 15) is 4.79 Å². The van der Waals surface area contributed by atoms with Crippen molar-refractivity contribution in [3.05, 3.63) is 11.9 Å². The highest BCUT2D eigenvalue weighted by Gasteiger charge is 2.15. The maximum absolute atomic E-state index is 11.5. The number of nitrogens with zero attached hydrogens (tertiary/aromatic N) is 2. The van der Waals surface area contributed by atoms with Crippen LogP contribution in [0.1, 0.15) is 24.3 Å². The van der Waals surface area contributed by atoms with Crippen molar-refractivity contribution in [2.75, 3.05) is 25.6 Å². The first-order valence-electron chi connectivity index (χ1n) is 5.54. The molecule has 0 aliphatic carbocycles. The summed E-state index contributed by atoms with van der Waals surface area (Å²) in [6.45, 7) is 5.36. The molecule has 0 fully saturated rings. The molecule has 0 bridgehead atoms. The Kier molecular flexibility index (Phi) is 4.96. The predicted molar refractivity (Wildman–Crippen MR) is 63.6 cm³/mol. The van der Waals surface area contributed by atoms with Crippen LogP contribution >= 0.6 is 0 Å². The fraction of sp³-hybridized carbons (Fsp3) is 0.636. The molecule has 6 nitrogen and oxygen atoms in total. The molecule has 0 amide bonds. The van der Waals surface area contributed by atoms with E-state index < -0.39 is 5.97 Å². The minimum absolute atomic E-state index is 0.149. The molecule has 0 saturated heterocycles. The van der Waals surface area contributed by atoms with Gasteiger partial charge in [0.15, 0.2) is 5.69 Å². The molecule has 0 unspecified atom stereocenters. The molecule has 6 heteroatoms. The second kappa shape index (κ2) is 6.24. The third kappa shape index (κ3) is 4.44. The van der Waals surface area contributed by atoms with Crippen molar-refractivity contribution in [2.24, 2.45) is 13.0 Å². The second-order valence-corrected chi connectivity index (χ2v) is 4.21. The van der Waals surface area contributed by atoms with Crippen molar-refractivity contribution in [3.8, 4) is 0 Å². The van der Waals surface area contributed by atoms with Gasteiger partial charge < -0.3 is 15.2 Å². The van der Waals surface area contributed by atoms with Crippen molar-refractivity contribution < 1.29 is 14.3 Å². The molecule has 0 radical (unpaired) electrons. The van der Waals surface area contributed by atoms with Crippen LogP contribution in [0, 0.1) is 5.92 Å². The van der Waals surface area contributed by atoms with E-state index in [0.29, 0.717) is 24.8 Å². The second-order valence-electron chi connectivity index (χ2n) is 4.21. The van der Waals surface area contributed by atoms with Gasteiger partial charge in [-0.25, -0.2) is 4.79 Å². The molecule has 0 saturated carbocycles. The normalized spacial score (nSPS) is 10.8. The van der Waals surface area contributed by atoms with Crippen molar-refractivity contribution in [1.82, 2.24) is 9.78 Å². The highest BCUT2D eigenvalue weighted by molar-refractivity contribution is 5.92. The topological polar surface area (TPSA) is 79.4 Å². The standard InChI is InChI=1S/C11H19N3O3/c1-8(2)7-16-4-5-17-11(15)10-9(12)6-14(3)13-10/h6,8H,4-5,7,12H2,1-3H3. The van der Waals surface area contributed by atoms with Gasteiger partial charge in [0, 0.05) is 19.9 Å². The summed E-state index contributed by atoms with van der Waals surface area (Å²) < 4.78 is 11.7. The van der Waals surface area contributed by atoms with Gasteiger partial charge in [0.1, 0.15) is 6.61 Å². The van der Waals surface area contributed by atoms with Crippen LogP contribution in [0.4, 0.5) is 5.69 Å². The predicted octanol–water partition coefficient (Wildman–Crippen LogP) is 0.832. The van der Waals surface area contributed by atoms with Crippen LogP contribution in [-0.4, -0.2) is 35.6 Å². The van der Waals surface area contributed by atoms with Crippen molar-refractivity contribution in [3.63, 3.8) is 0 Å². The van der Waals surface area contributed by atoms with Gasteiger partial charge in [-0.3, -0.25) is 4.68 Å². The number of esters is 1. The van der Waals surface area contributed by atoms with Crippen LogP contribution in [0.3, 0.4) is 0 Å². The lowest BCUT2D eigenvalue weighted by molar-refractivity contribution is 0.0272. The van der Waals surface area contributed by atoms with Gasteiger partial charge in [-0.05, 0) is 5.92 Å². The van der Waals surface area contributed by atoms with Gasteiger partial charge in [0.05, 0.1) is 12.3 Å². The molecular formula is C11H19N3O3. The number of aromatic nitrogens is 2. The zero-order valence-corrected chi connectivity index (χ0v) is 10.5. The lowest BCUT2D eigenvalue weighted by Gasteiger charge is -2.07. The molecule has 96 valence electrons. The van der Waals surface area contributed by atoms with Gasteiger partial charge >= 0.3 is 5.97 Å². The summed E-state index contributed by atoms with van der Waals surface area (Å²) in [4.78, 5) is 11.5. The van der Waals surface area contributed by atoms with E-state index >= 15 is 0 Å². The molecule has 2 N–H and O–H groups in total. The molecule has 0 spiro atoms. The van der Waals surface area contributed by atoms with E-state index in [1.807, 2.05) is 0 Å². The molecule has 0 aromatic carbocycles. The molecule has 0 atom stereocenters. The molecule has 1 rings (SSSR count). The minimum atomic E-state index is -0.517. The third-order valence-electron chi connectivity index (χ3n) is 1.96. The highest BCUT2D eigenvalue weighted by atomic mass is 16.6. The molecule has 17 heavy (non-hydrogen) atoms. The molecule has 1 heterocycles. The number of ether oxygens (including phenoxy) is 2. The Morgan fingerprint density at radius 1 is 1.53 bits per heavy atom. The fourth-order valence-electron chi connectivity index (χ4n) is 1.25. The van der Waals surface area contributed by atoms with Crippen LogP contribution in [0.15, 0.2) is 6.20 Å². The lowest BCUT2D eigenvalue weighted by Crippen LogP contribution is -2.14. The molecular weight excluding hydrogens is 222 g/mol. The number of rotatable bonds is 6. The van der Waals surface area contributed by atoms with Crippen molar-refractivity contribution >= 4 is 11.7 Å². The van der Waals surface area contributed by atoms with Crippen LogP contribution < -0.4 is 5.73 Å². The number of carbonyl (C=O) groups is 1. The first-order valence-corrected chi connectivity index (χ1v) is 5.54. The highest BCUT2D eigenvalue weighted by Crippen LogP contribution is 2.09. The Hall–Kier alpha value is -1.56. The Balaban J connectivity index is 2.28. The maximum Gasteiger partial charge on any atom is 0.361 e. The van der Waals surface area contributed by atoms with E-state index in [0.717, 1.165) is 0 Å². The van der Waals surface area contributed by atoms with E-state index in [-0.39, 0.29) is 12.3 Å². The smallest absolute Gasteiger partial charge is 0.361 e. The average molecular weight is 241 g/mol. The largest absolute Gasteiger partial charge is 0.458 e. The summed E-state index contributed by atoms with van der Waals surface area (Å²) in [6, 6.07) is 0. The Bertz CT molecular complexity index is 374. The number of hydrogen-bond donors (Lipinski definition) is 1. The Morgan fingerprint density at radius 3 is 2.76 bits per heavy atom. The molecule has 0 aliphatic heterocycles. The summed E-state index contributed by atoms with van der Waals surface area (Å²) in [5.41, 5.74) is 6.07. The molecule has 1 aromatic heterocycles. The Morgan fingerprint density at radius 2 is 2.24 bits per heavy atom. The summed E-state index contributed by atoms with van der Waals surface area (Å²) >= 11 is 0. The van der Waals surface area contributed by atoms with Gasteiger partial charge in [-0.15, -0.1) is 0 Å². The molecule has 1 aromatic rings. The average Bonchev–Trinajstić information content (AvgIpc) is 2.56. The summed E-state index contributed by atoms with van der Waals surface area (Å²) in [5.74, 6) is -0.0478. The van der Waals surface area contributed by atoms with E-state index in [4.69, 9.17) is 15.2 Å². The first-order chi connectivity index (χ1) is 8.00. The summed E-state index contributed by atoms with van der Waals surface area (Å²) in [5, 5.41) is 3.91. The zero-order chi connectivity index (χ0) is 12.8. The van der Waals surface area contributed by atoms with Crippen LogP contribution in [0.25, 0.3) is 0 Å². The SMILES string of the molecule is CC(C)COCCOC(=O)c1nn(C)cc1N. The van der Waals surface area contributed by atoms with Crippen molar-refractivity contribution in [2.45, 2.75) is 13.8 Å². The number of anilines is 1. The number of carbonyl (C=O) groups excluding carboxylic acids is 1. The minimum Gasteiger partial charge on any atom is -0.458 e. The Labute approximate surface area is 101 Å². The maximum atomic E-state index is 11.5. The summed E-state index contributed by atoms with van der Waals surface area (Å²) in [6.07, 6.45) is 1.56. The quantitative estimate of drug-likeness (QED) is 0.589.